The van der Waals surface area contributed by atoms with Gasteiger partial charge in [-0.05, 0) is 0 Å². The fourth-order valence-corrected chi connectivity index (χ4v) is 0.167. The molecule has 0 aliphatic carbocycles. The zero-order valence-corrected chi connectivity index (χ0v) is 2.55. The van der Waals surface area contributed by atoms with Crippen molar-refractivity contribution in [3.63, 3.8) is 0 Å². The second kappa shape index (κ2) is 0.944. The van der Waals surface area contributed by atoms with Gasteiger partial charge in [-0.1, -0.05) is 0 Å². The fourth-order valence-electron chi connectivity index (χ4n) is 0.167. The molecule has 0 aromatic carbocycles. The number of nitrogens with one attached hydrogen (secondary N) is 1. The minimum Gasteiger partial charge on any atom is -0.288 e. The van der Waals surface area contributed by atoms with Crippen LogP contribution in [0.25, 0.3) is 0 Å². The molecule has 0 unspecified atom stereocenters. The Balaban J connectivity index is 2.32. The molecule has 0 atom stereocenters. The Kier molecular flexibility index (Phi) is 0.478. The first kappa shape index (κ1) is 2.53. The highest BCUT2D eigenvalue weighted by Gasteiger charge is 1.82. The fraction of sp³-hybridized carbons (Fsp3) is 0. The summed E-state index contributed by atoms with van der Waals surface area (Å²) in [6.07, 6.45) is 3.24. The van der Waals surface area contributed by atoms with Crippen LogP contribution in [-0.2, 0) is 0 Å². The van der Waals surface area contributed by atoms with Crippen molar-refractivity contribution in [2.24, 2.45) is 0 Å². The van der Waals surface area contributed by atoms with Crippen LogP contribution in [0.5, 0.6) is 0 Å². The summed E-state index contributed by atoms with van der Waals surface area (Å²) in [7, 11) is 0. The Labute approximate surface area is 30.0 Å². The van der Waals surface area contributed by atoms with Crippen LogP contribution < -0.4 is 16.4 Å². The molecular weight excluding hydrogens is 66.0 g/mol. The topological polar surface area (TPSA) is 40.2 Å². The maximum absolute atomic E-state index is 3.42. The number of nitrogens with zero attached hydrogens (tertiary/aromatic N) is 2. The average Bonchev–Trinajstić information content (AvgIpc) is 1.76. The molecule has 5 heavy (non-hydrogen) atoms. The molecule has 0 amide bonds. The van der Waals surface area contributed by atoms with Crippen molar-refractivity contribution in [3.8, 4) is 0 Å². The molecule has 0 aromatic rings. The van der Waals surface area contributed by atoms with E-state index >= 15 is 0 Å². The SMILES string of the molecule is C1=CN[N][N]1. The molecule has 1 heterocycles. The first-order valence-corrected chi connectivity index (χ1v) is 1.30. The number of hydrogen-bond acceptors (Lipinski definition) is 1. The molecule has 1 aliphatic heterocycles. The van der Waals surface area contributed by atoms with Crippen LogP contribution in [0, 0.1) is 0 Å². The summed E-state index contributed by atoms with van der Waals surface area (Å²) in [5.74, 6) is 0. The molecule has 1 rings (SSSR count). The monoisotopic (exact) mass is 69.0 g/mol. The molecular formula is C2H3N3. The van der Waals surface area contributed by atoms with Crippen LogP contribution in [0.15, 0.2) is 12.4 Å². The van der Waals surface area contributed by atoms with Crippen LogP contribution in [0.1, 0.15) is 0 Å². The third kappa shape index (κ3) is 0.302. The van der Waals surface area contributed by atoms with E-state index in [-0.39, 0.29) is 0 Å². The van der Waals surface area contributed by atoms with Gasteiger partial charge in [0.05, 0.1) is 6.20 Å². The Morgan fingerprint density at radius 3 is 2.80 bits per heavy atom. The lowest BCUT2D eigenvalue weighted by Gasteiger charge is -1.76. The maximum atomic E-state index is 3.42. The average molecular weight is 69.1 g/mol. The molecule has 26 valence electrons. The molecule has 1 N–H and O–H groups in total. The van der Waals surface area contributed by atoms with E-state index in [1.807, 2.05) is 0 Å². The minimum atomic E-state index is 1.58. The van der Waals surface area contributed by atoms with Gasteiger partial charge in [0.1, 0.15) is 0 Å². The van der Waals surface area contributed by atoms with Crippen molar-refractivity contribution < 1.29 is 0 Å². The lowest BCUT2D eigenvalue weighted by molar-refractivity contribution is 0.587. The van der Waals surface area contributed by atoms with Crippen LogP contribution in [0.2, 0.25) is 0 Å². The van der Waals surface area contributed by atoms with Gasteiger partial charge in [-0.15, -0.1) is 0 Å². The van der Waals surface area contributed by atoms with Crippen molar-refractivity contribution in [1.82, 2.24) is 16.4 Å². The van der Waals surface area contributed by atoms with Crippen LogP contribution in [0.4, 0.5) is 0 Å². The minimum absolute atomic E-state index is 1.58. The van der Waals surface area contributed by atoms with Gasteiger partial charge in [-0.3, -0.25) is 5.43 Å². The second-order valence-electron chi connectivity index (χ2n) is 0.660. The van der Waals surface area contributed by atoms with Crippen LogP contribution in [-0.4, -0.2) is 0 Å². The summed E-state index contributed by atoms with van der Waals surface area (Å²) in [6.45, 7) is 0. The zero-order valence-electron chi connectivity index (χ0n) is 2.55. The molecule has 2 radical (unpaired) electrons. The summed E-state index contributed by atoms with van der Waals surface area (Å²) >= 11 is 0. The van der Waals surface area contributed by atoms with Crippen molar-refractivity contribution in [2.75, 3.05) is 0 Å². The molecule has 3 nitrogen and oxygen atoms in total. The Morgan fingerprint density at radius 2 is 2.60 bits per heavy atom. The molecule has 0 bridgehead atoms. The van der Waals surface area contributed by atoms with Gasteiger partial charge in [-0.25, -0.2) is 0 Å². The van der Waals surface area contributed by atoms with Gasteiger partial charge in [0.15, 0.2) is 0 Å². The Morgan fingerprint density at radius 1 is 1.60 bits per heavy atom. The molecule has 0 saturated heterocycles. The quantitative estimate of drug-likeness (QED) is 0.393. The lowest BCUT2D eigenvalue weighted by Crippen LogP contribution is -2.14. The summed E-state index contributed by atoms with van der Waals surface area (Å²) in [5, 5.41) is 0. The van der Waals surface area contributed by atoms with E-state index in [2.05, 4.69) is 16.4 Å². The summed E-state index contributed by atoms with van der Waals surface area (Å²) in [6, 6.07) is 0. The van der Waals surface area contributed by atoms with Gasteiger partial charge < -0.3 is 0 Å². The van der Waals surface area contributed by atoms with Crippen LogP contribution in [0.3, 0.4) is 0 Å². The summed E-state index contributed by atoms with van der Waals surface area (Å²) < 4.78 is 0. The van der Waals surface area contributed by atoms with Gasteiger partial charge in [0.2, 0.25) is 0 Å². The van der Waals surface area contributed by atoms with Crippen LogP contribution >= 0.6 is 0 Å². The summed E-state index contributed by atoms with van der Waals surface area (Å²) in [5.41, 5.74) is 9.26. The molecule has 3 heteroatoms. The largest absolute Gasteiger partial charge is 0.288 e. The van der Waals surface area contributed by atoms with Crippen molar-refractivity contribution in [1.29, 1.82) is 0 Å². The number of hydrogen-bond donors (Lipinski definition) is 1. The maximum Gasteiger partial charge on any atom is 0.0623 e. The van der Waals surface area contributed by atoms with Crippen molar-refractivity contribution in [3.05, 3.63) is 12.4 Å². The van der Waals surface area contributed by atoms with Gasteiger partial charge in [0, 0.05) is 11.7 Å². The Hall–Kier alpha value is -0.700. The predicted octanol–water partition coefficient (Wildman–Crippen LogP) is -0.900. The number of rotatable bonds is 0. The highest BCUT2D eigenvalue weighted by atomic mass is 15.6. The Bertz CT molecular complexity index is 42.9. The van der Waals surface area contributed by atoms with E-state index < -0.39 is 0 Å². The third-order valence-corrected chi connectivity index (χ3v) is 0.331. The second-order valence-corrected chi connectivity index (χ2v) is 0.660. The van der Waals surface area contributed by atoms with Gasteiger partial charge in [0.25, 0.3) is 0 Å². The molecule has 1 aliphatic rings. The highest BCUT2D eigenvalue weighted by molar-refractivity contribution is 4.76. The molecule has 0 spiro atoms. The van der Waals surface area contributed by atoms with Gasteiger partial charge in [-0.2, -0.15) is 5.43 Å². The normalized spacial score (nSPS) is 17.6. The smallest absolute Gasteiger partial charge is 0.0623 e. The van der Waals surface area contributed by atoms with E-state index in [0.717, 1.165) is 0 Å². The van der Waals surface area contributed by atoms with E-state index in [4.69, 9.17) is 0 Å². The van der Waals surface area contributed by atoms with E-state index in [0.29, 0.717) is 0 Å². The van der Waals surface area contributed by atoms with Crippen molar-refractivity contribution in [2.45, 2.75) is 0 Å². The molecule has 0 aromatic heterocycles. The molecule has 0 saturated carbocycles. The zero-order chi connectivity index (χ0) is 3.54. The standard InChI is InChI=1S/C2H3N3/c1-2-4-5-3-1/h1-3H. The first-order chi connectivity index (χ1) is 2.50. The highest BCUT2D eigenvalue weighted by Crippen LogP contribution is 1.64. The van der Waals surface area contributed by atoms with E-state index in [1.54, 1.807) is 12.4 Å². The first-order valence-electron chi connectivity index (χ1n) is 1.30. The van der Waals surface area contributed by atoms with Crippen molar-refractivity contribution >= 4 is 0 Å². The third-order valence-electron chi connectivity index (χ3n) is 0.331. The predicted molar refractivity (Wildman–Crippen MR) is 16.5 cm³/mol. The van der Waals surface area contributed by atoms with E-state index in [1.165, 1.54) is 0 Å². The molecule has 0 fully saturated rings. The lowest BCUT2D eigenvalue weighted by atomic mass is 11.0. The van der Waals surface area contributed by atoms with Gasteiger partial charge >= 0.3 is 0 Å². The van der Waals surface area contributed by atoms with E-state index in [9.17, 15) is 0 Å². The summed E-state index contributed by atoms with van der Waals surface area (Å²) in [4.78, 5) is 0.